The first-order chi connectivity index (χ1) is 29.1. The predicted octanol–water partition coefficient (Wildman–Crippen LogP) is 11.4. The number of carbonyl (C=O) groups excluding carboxylic acids is 4. The number of ketones is 1. The summed E-state index contributed by atoms with van der Waals surface area (Å²) in [5.74, 6) is -1.34. The Morgan fingerprint density at radius 2 is 1.45 bits per heavy atom. The molecule has 62 heavy (non-hydrogen) atoms. The summed E-state index contributed by atoms with van der Waals surface area (Å²) in [5, 5.41) is 0. The molecule has 0 fully saturated rings. The maximum Gasteiger partial charge on any atom is 0.417 e. The van der Waals surface area contributed by atoms with Gasteiger partial charge in [0, 0.05) is 93.4 Å². The zero-order valence-corrected chi connectivity index (χ0v) is 39.4. The van der Waals surface area contributed by atoms with Gasteiger partial charge < -0.3 is 24.2 Å². The Balaban J connectivity index is 1.50. The van der Waals surface area contributed by atoms with Crippen molar-refractivity contribution in [2.75, 3.05) is 13.2 Å². The minimum Gasteiger partial charge on any atom is -0.459 e. The topological polar surface area (TPSA) is 157 Å². The molecule has 3 unspecified atom stereocenters. The van der Waals surface area contributed by atoms with Crippen molar-refractivity contribution in [1.29, 1.82) is 0 Å². The Hall–Kier alpha value is -4.84. The maximum atomic E-state index is 14.1. The lowest BCUT2D eigenvalue weighted by Crippen LogP contribution is -2.45. The number of imide groups is 1. The van der Waals surface area contributed by atoms with Crippen LogP contribution in [0.3, 0.4) is 0 Å². The van der Waals surface area contributed by atoms with Gasteiger partial charge in [-0.15, -0.1) is 0 Å². The summed E-state index contributed by atoms with van der Waals surface area (Å²) >= 11 is 0. The van der Waals surface area contributed by atoms with Crippen molar-refractivity contribution in [1.82, 2.24) is 24.8 Å². The summed E-state index contributed by atoms with van der Waals surface area (Å²) in [6, 6.07) is 6.40. The highest BCUT2D eigenvalue weighted by molar-refractivity contribution is 6.13. The quantitative estimate of drug-likeness (QED) is 0.126. The second-order valence-corrected chi connectivity index (χ2v) is 19.7. The molecule has 5 heterocycles. The van der Waals surface area contributed by atoms with Crippen LogP contribution in [0.1, 0.15) is 206 Å². The molecule has 336 valence electrons. The molecule has 12 nitrogen and oxygen atoms in total. The monoisotopic (exact) mass is 852 g/mol. The lowest BCUT2D eigenvalue weighted by Gasteiger charge is -2.27. The van der Waals surface area contributed by atoms with E-state index in [0.717, 1.165) is 91.3 Å². The van der Waals surface area contributed by atoms with Crippen molar-refractivity contribution in [3.05, 3.63) is 68.8 Å². The molecule has 2 N–H and O–H groups in total. The van der Waals surface area contributed by atoms with E-state index >= 15 is 0 Å². The second-order valence-electron chi connectivity index (χ2n) is 19.7. The number of hydrogen-bond acceptors (Lipinski definition) is 9. The third-order valence-corrected chi connectivity index (χ3v) is 12.6. The van der Waals surface area contributed by atoms with Gasteiger partial charge in [-0.25, -0.2) is 9.69 Å². The molecule has 2 amide bonds. The Morgan fingerprint density at radius 3 is 2.11 bits per heavy atom. The molecule has 0 aromatic carbocycles. The van der Waals surface area contributed by atoms with Gasteiger partial charge in [0.2, 0.25) is 5.91 Å². The first-order valence-corrected chi connectivity index (χ1v) is 22.8. The van der Waals surface area contributed by atoms with Crippen molar-refractivity contribution in [3.8, 4) is 0 Å². The summed E-state index contributed by atoms with van der Waals surface area (Å²) in [7, 11) is 0. The average molecular weight is 852 g/mol. The van der Waals surface area contributed by atoms with Crippen LogP contribution in [0.2, 0.25) is 0 Å². The zero-order valence-electron chi connectivity index (χ0n) is 39.4. The number of ether oxygens (including phenoxy) is 3. The van der Waals surface area contributed by atoms with Crippen molar-refractivity contribution >= 4 is 45.8 Å². The molecule has 1 aliphatic carbocycles. The van der Waals surface area contributed by atoms with Gasteiger partial charge in [0.15, 0.2) is 5.78 Å². The van der Waals surface area contributed by atoms with E-state index in [1.165, 1.54) is 12.8 Å². The number of H-pyrrole nitrogens is 2. The lowest BCUT2D eigenvalue weighted by atomic mass is 9.85. The molecule has 8 bridgehead atoms. The van der Waals surface area contributed by atoms with Gasteiger partial charge in [0.05, 0.1) is 17.3 Å². The fourth-order valence-corrected chi connectivity index (χ4v) is 9.40. The highest BCUT2D eigenvalue weighted by Crippen LogP contribution is 2.45. The SMILES string of the molecule is CCCCCCOC(C)c1c(C)c2cc3nc(c4c5[nH]c(cc6nc(cc1[nH]2)C(C)C6CC)c(C)c5C(=O)C4)[C@@H](CCC(=O)N(CC(=O)OC(C)(C)C)C(=O)OC(C)(C)C)[C@@H]3C. The van der Waals surface area contributed by atoms with Gasteiger partial charge in [-0.05, 0) is 111 Å². The van der Waals surface area contributed by atoms with Crippen LogP contribution >= 0.6 is 0 Å². The molecule has 6 rings (SSSR count). The summed E-state index contributed by atoms with van der Waals surface area (Å²) < 4.78 is 17.6. The van der Waals surface area contributed by atoms with Crippen molar-refractivity contribution in [3.63, 3.8) is 0 Å². The van der Waals surface area contributed by atoms with Gasteiger partial charge in [-0.3, -0.25) is 24.4 Å². The molecule has 3 aliphatic rings. The molecular weight excluding hydrogens is 783 g/mol. The molecule has 0 saturated carbocycles. The highest BCUT2D eigenvalue weighted by atomic mass is 16.6. The predicted molar refractivity (Wildman–Crippen MR) is 243 cm³/mol. The third kappa shape index (κ3) is 10.0. The number of aryl methyl sites for hydroxylation is 2. The number of aromatic nitrogens is 4. The number of nitrogens with zero attached hydrogens (tertiary/aromatic N) is 3. The van der Waals surface area contributed by atoms with Crippen LogP contribution in [0.25, 0.3) is 22.1 Å². The van der Waals surface area contributed by atoms with E-state index in [1.807, 2.05) is 6.92 Å². The van der Waals surface area contributed by atoms with Crippen molar-refractivity contribution < 1.29 is 33.4 Å². The number of Topliss-reactive ketones (excluding diaryl/α,β-unsaturated/α-hetero) is 1. The van der Waals surface area contributed by atoms with E-state index in [-0.39, 0.29) is 48.4 Å². The molecule has 3 aromatic heterocycles. The number of carbonyl (C=O) groups is 4. The number of hydrogen-bond donors (Lipinski definition) is 2. The standard InChI is InChI=1S/C50H69N5O7/c1-14-16-17-18-21-60-31(7)44-29(5)37-23-36-28(4)33(19-20-42(57)55(48(59)62-50(11,12)13)26-43(58)61-49(8,9)10)46(53-36)34-22-41(56)45-30(6)38(54-47(34)45)24-39-32(15-2)27(3)35(51-39)25-40(44)52-37/h23-25,27-28,31-33,52,54H,14-22,26H2,1-13H3/t27?,28-,31?,32?,33-/m0/s1. The molecule has 0 spiro atoms. The number of unbranched alkanes of at least 4 members (excludes halogenated alkanes) is 3. The number of amides is 2. The molecule has 2 aliphatic heterocycles. The fourth-order valence-electron chi connectivity index (χ4n) is 9.40. The molecule has 0 radical (unpaired) electrons. The van der Waals surface area contributed by atoms with Crippen LogP contribution in [0.5, 0.6) is 0 Å². The molecule has 0 saturated heterocycles. The Kier molecular flexibility index (Phi) is 13.9. The lowest BCUT2D eigenvalue weighted by molar-refractivity contribution is -0.158. The largest absolute Gasteiger partial charge is 0.459 e. The summed E-state index contributed by atoms with van der Waals surface area (Å²) in [4.78, 5) is 73.4. The first-order valence-electron chi connectivity index (χ1n) is 22.8. The van der Waals surface area contributed by atoms with Crippen LogP contribution in [-0.2, 0) is 30.2 Å². The van der Waals surface area contributed by atoms with E-state index in [2.05, 4.69) is 69.7 Å². The highest BCUT2D eigenvalue weighted by Gasteiger charge is 2.38. The van der Waals surface area contributed by atoms with Gasteiger partial charge in [-0.2, -0.15) is 0 Å². The summed E-state index contributed by atoms with van der Waals surface area (Å²) in [6.07, 6.45) is 4.72. The van der Waals surface area contributed by atoms with Gasteiger partial charge in [0.1, 0.15) is 17.7 Å². The number of rotatable bonds is 13. The Morgan fingerprint density at radius 1 is 0.823 bits per heavy atom. The first kappa shape index (κ1) is 46.7. The average Bonchev–Trinajstić information content (AvgIpc) is 3.93. The molecule has 5 atom stereocenters. The van der Waals surface area contributed by atoms with Gasteiger partial charge in [-0.1, -0.05) is 47.0 Å². The number of aromatic amines is 2. The summed E-state index contributed by atoms with van der Waals surface area (Å²) in [5.41, 5.74) is 9.83. The van der Waals surface area contributed by atoms with E-state index in [4.69, 9.17) is 24.2 Å². The summed E-state index contributed by atoms with van der Waals surface area (Å²) in [6.45, 7) is 25.4. The second kappa shape index (κ2) is 18.5. The van der Waals surface area contributed by atoms with Gasteiger partial charge in [0.25, 0.3) is 0 Å². The third-order valence-electron chi connectivity index (χ3n) is 12.6. The van der Waals surface area contributed by atoms with E-state index in [1.54, 1.807) is 41.5 Å². The number of fused-ring (bicyclic) bond motifs is 8. The number of nitrogens with one attached hydrogen (secondary N) is 2. The van der Waals surface area contributed by atoms with Gasteiger partial charge >= 0.3 is 12.1 Å². The smallest absolute Gasteiger partial charge is 0.417 e. The van der Waals surface area contributed by atoms with Crippen LogP contribution < -0.4 is 0 Å². The Bertz CT molecular complexity index is 2380. The maximum absolute atomic E-state index is 14.1. The minimum absolute atomic E-state index is 0.0214. The van der Waals surface area contributed by atoms with Crippen molar-refractivity contribution in [2.45, 2.75) is 182 Å². The molecule has 3 aromatic rings. The van der Waals surface area contributed by atoms with Crippen LogP contribution in [0.15, 0.2) is 18.2 Å². The number of esters is 1. The van der Waals surface area contributed by atoms with E-state index < -0.39 is 35.7 Å². The molecular formula is C50H69N5O7. The zero-order chi connectivity index (χ0) is 45.4. The fraction of sp³-hybridized carbons (Fsp3) is 0.600. The van der Waals surface area contributed by atoms with Crippen LogP contribution in [0.4, 0.5) is 4.79 Å². The Labute approximate surface area is 367 Å². The normalized spacial score (nSPS) is 19.1. The van der Waals surface area contributed by atoms with Crippen molar-refractivity contribution in [2.24, 2.45) is 0 Å². The van der Waals surface area contributed by atoms with E-state index in [9.17, 15) is 19.2 Å². The minimum atomic E-state index is -0.910. The molecule has 12 heteroatoms. The van der Waals surface area contributed by atoms with Crippen LogP contribution in [-0.4, -0.2) is 72.9 Å². The van der Waals surface area contributed by atoms with Crippen LogP contribution in [0, 0.1) is 13.8 Å². The van der Waals surface area contributed by atoms with E-state index in [0.29, 0.717) is 18.6 Å².